The molecule has 0 fully saturated rings. The molecule has 0 aliphatic heterocycles. The molecule has 0 atom stereocenters. The SMILES string of the molecule is CCCCOc1ccc(NC(=O)CN(CC(=O)O)CC(=O)O)cc1. The Balaban J connectivity index is 2.52. The highest BCUT2D eigenvalue weighted by Crippen LogP contribution is 2.16. The van der Waals surface area contributed by atoms with Gasteiger partial charge in [-0.05, 0) is 30.7 Å². The van der Waals surface area contributed by atoms with Gasteiger partial charge in [-0.3, -0.25) is 19.3 Å². The number of nitrogens with zero attached hydrogens (tertiary/aromatic N) is 1. The number of carbonyl (C=O) groups is 3. The summed E-state index contributed by atoms with van der Waals surface area (Å²) in [6.45, 7) is 1.32. The van der Waals surface area contributed by atoms with Gasteiger partial charge in [0, 0.05) is 5.69 Å². The molecule has 0 saturated carbocycles. The number of benzene rings is 1. The van der Waals surface area contributed by atoms with Crippen LogP contribution in [0.5, 0.6) is 5.75 Å². The summed E-state index contributed by atoms with van der Waals surface area (Å²) in [6, 6.07) is 6.77. The van der Waals surface area contributed by atoms with Crippen molar-refractivity contribution in [3.63, 3.8) is 0 Å². The van der Waals surface area contributed by atoms with E-state index in [1.807, 2.05) is 0 Å². The number of ether oxygens (including phenoxy) is 1. The van der Waals surface area contributed by atoms with Crippen LogP contribution in [0, 0.1) is 0 Å². The van der Waals surface area contributed by atoms with E-state index in [0.717, 1.165) is 17.7 Å². The second kappa shape index (κ2) is 10.2. The highest BCUT2D eigenvalue weighted by Gasteiger charge is 2.17. The zero-order chi connectivity index (χ0) is 17.9. The van der Waals surface area contributed by atoms with Crippen LogP contribution in [-0.2, 0) is 14.4 Å². The number of rotatable bonds is 11. The van der Waals surface area contributed by atoms with Crippen LogP contribution in [0.25, 0.3) is 0 Å². The summed E-state index contributed by atoms with van der Waals surface area (Å²) in [5.74, 6) is -2.19. The molecule has 1 aromatic carbocycles. The Labute approximate surface area is 140 Å². The molecule has 0 unspecified atom stereocenters. The topological polar surface area (TPSA) is 116 Å². The minimum atomic E-state index is -1.20. The van der Waals surface area contributed by atoms with Gasteiger partial charge < -0.3 is 20.3 Å². The third-order valence-electron chi connectivity index (χ3n) is 2.99. The second-order valence-corrected chi connectivity index (χ2v) is 5.21. The van der Waals surface area contributed by atoms with E-state index >= 15 is 0 Å². The van der Waals surface area contributed by atoms with Gasteiger partial charge in [0.05, 0.1) is 26.2 Å². The van der Waals surface area contributed by atoms with Gasteiger partial charge in [0.15, 0.2) is 0 Å². The van der Waals surface area contributed by atoms with E-state index in [2.05, 4.69) is 12.2 Å². The first-order valence-corrected chi connectivity index (χ1v) is 7.59. The monoisotopic (exact) mass is 338 g/mol. The van der Waals surface area contributed by atoms with Crippen molar-refractivity contribution < 1.29 is 29.3 Å². The van der Waals surface area contributed by atoms with Crippen LogP contribution in [0.1, 0.15) is 19.8 Å². The molecular formula is C16H22N2O6. The molecule has 24 heavy (non-hydrogen) atoms. The Morgan fingerprint density at radius 2 is 1.62 bits per heavy atom. The molecule has 0 radical (unpaired) electrons. The van der Waals surface area contributed by atoms with Crippen LogP contribution in [0.4, 0.5) is 5.69 Å². The second-order valence-electron chi connectivity index (χ2n) is 5.21. The molecule has 8 heteroatoms. The Morgan fingerprint density at radius 3 is 2.12 bits per heavy atom. The molecule has 1 rings (SSSR count). The van der Waals surface area contributed by atoms with E-state index in [1.54, 1.807) is 24.3 Å². The summed E-state index contributed by atoms with van der Waals surface area (Å²) in [4.78, 5) is 34.3. The Kier molecular flexibility index (Phi) is 8.28. The molecule has 8 nitrogen and oxygen atoms in total. The van der Waals surface area contributed by atoms with Crippen molar-refractivity contribution in [2.45, 2.75) is 19.8 Å². The fourth-order valence-corrected chi connectivity index (χ4v) is 1.92. The molecule has 0 bridgehead atoms. The van der Waals surface area contributed by atoms with Crippen LogP contribution in [0.15, 0.2) is 24.3 Å². The summed E-state index contributed by atoms with van der Waals surface area (Å²) in [6.07, 6.45) is 2.00. The smallest absolute Gasteiger partial charge is 0.317 e. The number of carboxylic acid groups (broad SMARTS) is 2. The summed E-state index contributed by atoms with van der Waals surface area (Å²) in [5, 5.41) is 20.1. The number of amides is 1. The van der Waals surface area contributed by atoms with Gasteiger partial charge in [-0.25, -0.2) is 0 Å². The average Bonchev–Trinajstić information content (AvgIpc) is 2.47. The number of hydrogen-bond acceptors (Lipinski definition) is 5. The van der Waals surface area contributed by atoms with E-state index in [1.165, 1.54) is 0 Å². The number of unbranched alkanes of at least 4 members (excludes halogenated alkanes) is 1. The summed E-state index contributed by atoms with van der Waals surface area (Å²) in [5.41, 5.74) is 0.522. The summed E-state index contributed by atoms with van der Waals surface area (Å²) >= 11 is 0. The number of anilines is 1. The predicted molar refractivity (Wildman–Crippen MR) is 87.2 cm³/mol. The number of aliphatic carboxylic acids is 2. The third kappa shape index (κ3) is 8.14. The largest absolute Gasteiger partial charge is 0.494 e. The number of nitrogens with one attached hydrogen (secondary N) is 1. The lowest BCUT2D eigenvalue weighted by atomic mass is 10.3. The molecule has 132 valence electrons. The van der Waals surface area contributed by atoms with Crippen molar-refractivity contribution in [2.24, 2.45) is 0 Å². The van der Waals surface area contributed by atoms with Crippen LogP contribution in [0.2, 0.25) is 0 Å². The molecule has 0 aromatic heterocycles. The molecule has 3 N–H and O–H groups in total. The minimum absolute atomic E-state index is 0.326. The lowest BCUT2D eigenvalue weighted by Gasteiger charge is -2.17. The zero-order valence-electron chi connectivity index (χ0n) is 13.5. The normalized spacial score (nSPS) is 10.4. The zero-order valence-corrected chi connectivity index (χ0v) is 13.5. The first-order valence-electron chi connectivity index (χ1n) is 7.59. The van der Waals surface area contributed by atoms with Gasteiger partial charge in [0.1, 0.15) is 5.75 Å². The predicted octanol–water partition coefficient (Wildman–Crippen LogP) is 1.28. The Hall–Kier alpha value is -2.61. The van der Waals surface area contributed by atoms with Crippen molar-refractivity contribution in [1.29, 1.82) is 0 Å². The van der Waals surface area contributed by atoms with Gasteiger partial charge in [-0.15, -0.1) is 0 Å². The van der Waals surface area contributed by atoms with Crippen molar-refractivity contribution in [1.82, 2.24) is 4.90 Å². The molecular weight excluding hydrogens is 316 g/mol. The van der Waals surface area contributed by atoms with Crippen LogP contribution in [-0.4, -0.2) is 59.2 Å². The van der Waals surface area contributed by atoms with E-state index in [4.69, 9.17) is 14.9 Å². The maximum atomic E-state index is 11.9. The van der Waals surface area contributed by atoms with E-state index in [9.17, 15) is 14.4 Å². The summed E-state index contributed by atoms with van der Waals surface area (Å²) < 4.78 is 5.51. The van der Waals surface area contributed by atoms with Crippen molar-refractivity contribution >= 4 is 23.5 Å². The standard InChI is InChI=1S/C16H22N2O6/c1-2-3-8-24-13-6-4-12(5-7-13)17-14(19)9-18(10-15(20)21)11-16(22)23/h4-7H,2-3,8-11H2,1H3,(H,17,19)(H,20,21)(H,22,23). The van der Waals surface area contributed by atoms with Crippen LogP contribution < -0.4 is 10.1 Å². The van der Waals surface area contributed by atoms with Crippen LogP contribution in [0.3, 0.4) is 0 Å². The van der Waals surface area contributed by atoms with Crippen LogP contribution >= 0.6 is 0 Å². The van der Waals surface area contributed by atoms with Crippen molar-refractivity contribution in [3.8, 4) is 5.75 Å². The van der Waals surface area contributed by atoms with E-state index in [0.29, 0.717) is 18.0 Å². The highest BCUT2D eigenvalue weighted by atomic mass is 16.5. The molecule has 0 heterocycles. The van der Waals surface area contributed by atoms with Crippen molar-refractivity contribution in [3.05, 3.63) is 24.3 Å². The molecule has 0 spiro atoms. The number of carbonyl (C=O) groups excluding carboxylic acids is 1. The van der Waals surface area contributed by atoms with Gasteiger partial charge in [0.2, 0.25) is 5.91 Å². The average molecular weight is 338 g/mol. The van der Waals surface area contributed by atoms with E-state index in [-0.39, 0.29) is 6.54 Å². The molecule has 1 aromatic rings. The van der Waals surface area contributed by atoms with Gasteiger partial charge in [-0.2, -0.15) is 0 Å². The third-order valence-corrected chi connectivity index (χ3v) is 2.99. The first kappa shape index (κ1) is 19.4. The summed E-state index contributed by atoms with van der Waals surface area (Å²) in [7, 11) is 0. The Morgan fingerprint density at radius 1 is 1.04 bits per heavy atom. The van der Waals surface area contributed by atoms with Crippen molar-refractivity contribution in [2.75, 3.05) is 31.6 Å². The number of carboxylic acids is 2. The maximum absolute atomic E-state index is 11.9. The highest BCUT2D eigenvalue weighted by molar-refractivity contribution is 5.92. The lowest BCUT2D eigenvalue weighted by molar-refractivity contribution is -0.142. The molecule has 0 aliphatic carbocycles. The molecule has 0 aliphatic rings. The quantitative estimate of drug-likeness (QED) is 0.520. The van der Waals surface area contributed by atoms with Gasteiger partial charge in [-0.1, -0.05) is 13.3 Å². The fraction of sp³-hybridized carbons (Fsp3) is 0.438. The Bertz CT molecular complexity index is 542. The first-order chi connectivity index (χ1) is 11.4. The fourth-order valence-electron chi connectivity index (χ4n) is 1.92. The molecule has 0 saturated heterocycles. The maximum Gasteiger partial charge on any atom is 0.317 e. The molecule has 1 amide bonds. The van der Waals surface area contributed by atoms with E-state index < -0.39 is 30.9 Å². The minimum Gasteiger partial charge on any atom is -0.494 e. The van der Waals surface area contributed by atoms with Gasteiger partial charge in [0.25, 0.3) is 0 Å². The number of hydrogen-bond donors (Lipinski definition) is 3. The lowest BCUT2D eigenvalue weighted by Crippen LogP contribution is -2.40. The van der Waals surface area contributed by atoms with Gasteiger partial charge >= 0.3 is 11.9 Å².